The zero-order valence-corrected chi connectivity index (χ0v) is 17.4. The molecule has 2 fully saturated rings. The first-order valence-electron chi connectivity index (χ1n) is 10.7. The van der Waals surface area contributed by atoms with Crippen molar-refractivity contribution < 1.29 is 4.79 Å². The van der Waals surface area contributed by atoms with E-state index in [0.29, 0.717) is 12.1 Å². The van der Waals surface area contributed by atoms with E-state index in [1.54, 1.807) is 6.20 Å². The predicted octanol–water partition coefficient (Wildman–Crippen LogP) is 1.97. The molecule has 1 aliphatic heterocycles. The molecule has 1 saturated carbocycles. The van der Waals surface area contributed by atoms with Gasteiger partial charge in [0.05, 0.1) is 29.0 Å². The lowest BCUT2D eigenvalue weighted by Crippen LogP contribution is -2.62. The van der Waals surface area contributed by atoms with E-state index in [9.17, 15) is 10.1 Å². The first-order valence-corrected chi connectivity index (χ1v) is 10.7. The summed E-state index contributed by atoms with van der Waals surface area (Å²) in [5.74, 6) is 0.481. The maximum atomic E-state index is 12.4. The maximum absolute atomic E-state index is 12.4. The topological polar surface area (TPSA) is 122 Å². The summed E-state index contributed by atoms with van der Waals surface area (Å²) in [5, 5.41) is 15.3. The van der Waals surface area contributed by atoms with Gasteiger partial charge in [-0.15, -0.1) is 0 Å². The van der Waals surface area contributed by atoms with E-state index in [1.165, 1.54) is 0 Å². The van der Waals surface area contributed by atoms with Crippen molar-refractivity contribution in [2.75, 3.05) is 6.54 Å². The van der Waals surface area contributed by atoms with Crippen LogP contribution < -0.4 is 16.6 Å². The molecule has 8 heteroatoms. The zero-order valence-electron chi connectivity index (χ0n) is 17.4. The highest BCUT2D eigenvalue weighted by molar-refractivity contribution is 5.87. The van der Waals surface area contributed by atoms with Crippen molar-refractivity contribution >= 4 is 16.8 Å². The fourth-order valence-electron chi connectivity index (χ4n) is 5.35. The average molecular weight is 416 g/mol. The third-order valence-corrected chi connectivity index (χ3v) is 6.91. The lowest BCUT2D eigenvalue weighted by molar-refractivity contribution is -0.133. The summed E-state index contributed by atoms with van der Waals surface area (Å²) in [6, 6.07) is 10.1. The predicted molar refractivity (Wildman–Crippen MR) is 116 cm³/mol. The fraction of sp³-hybridized carbons (Fsp3) is 0.391. The minimum atomic E-state index is -0.00860. The molecule has 0 radical (unpaired) electrons. The summed E-state index contributed by atoms with van der Waals surface area (Å²) < 4.78 is 1.85. The van der Waals surface area contributed by atoms with Crippen LogP contribution in [-0.4, -0.2) is 33.3 Å². The SMILES string of the molecule is Cn1ncc(C2CCC3C(=O)NNC(CN)C3C2)c1-c1cc2ncccc2cc1C#N. The maximum Gasteiger partial charge on any atom is 0.237 e. The highest BCUT2D eigenvalue weighted by atomic mass is 16.2. The van der Waals surface area contributed by atoms with E-state index in [1.807, 2.05) is 42.2 Å². The largest absolute Gasteiger partial charge is 0.329 e. The van der Waals surface area contributed by atoms with Crippen molar-refractivity contribution in [3.8, 4) is 17.3 Å². The smallest absolute Gasteiger partial charge is 0.237 e. The number of hydrogen-bond donors (Lipinski definition) is 3. The van der Waals surface area contributed by atoms with Crippen molar-refractivity contribution in [3.05, 3.63) is 47.8 Å². The lowest BCUT2D eigenvalue weighted by atomic mass is 9.68. The van der Waals surface area contributed by atoms with Crippen molar-refractivity contribution in [1.82, 2.24) is 25.6 Å². The van der Waals surface area contributed by atoms with Gasteiger partial charge in [0.15, 0.2) is 0 Å². The van der Waals surface area contributed by atoms with Crippen molar-refractivity contribution in [2.45, 2.75) is 31.2 Å². The third kappa shape index (κ3) is 3.26. The second-order valence-corrected chi connectivity index (χ2v) is 8.53. The Bertz CT molecular complexity index is 1190. The molecule has 3 heterocycles. The number of rotatable bonds is 3. The molecular formula is C23H25N7O. The molecule has 158 valence electrons. The Morgan fingerprint density at radius 2 is 2.23 bits per heavy atom. The van der Waals surface area contributed by atoms with Crippen LogP contribution in [0.15, 0.2) is 36.7 Å². The number of carbonyl (C=O) groups excluding carboxylic acids is 1. The number of nitrogens with zero attached hydrogens (tertiary/aromatic N) is 4. The summed E-state index contributed by atoms with van der Waals surface area (Å²) >= 11 is 0. The van der Waals surface area contributed by atoms with Crippen molar-refractivity contribution in [1.29, 1.82) is 5.26 Å². The molecule has 4 N–H and O–H groups in total. The van der Waals surface area contributed by atoms with Crippen LogP contribution in [0.2, 0.25) is 0 Å². The van der Waals surface area contributed by atoms with Gasteiger partial charge < -0.3 is 5.73 Å². The first-order chi connectivity index (χ1) is 15.1. The third-order valence-electron chi connectivity index (χ3n) is 6.91. The van der Waals surface area contributed by atoms with Gasteiger partial charge >= 0.3 is 0 Å². The Hall–Kier alpha value is -3.28. The Kier molecular flexibility index (Phi) is 4.93. The van der Waals surface area contributed by atoms with Gasteiger partial charge in [-0.1, -0.05) is 6.07 Å². The molecule has 3 aromatic rings. The summed E-state index contributed by atoms with van der Waals surface area (Å²) in [5.41, 5.74) is 16.2. The normalized spacial score (nSPS) is 25.6. The molecule has 1 aromatic carbocycles. The number of aryl methyl sites for hydroxylation is 1. The molecule has 8 nitrogen and oxygen atoms in total. The molecule has 31 heavy (non-hydrogen) atoms. The van der Waals surface area contributed by atoms with Crippen molar-refractivity contribution in [3.63, 3.8) is 0 Å². The number of benzene rings is 1. The minimum absolute atomic E-state index is 0.00860. The van der Waals surface area contributed by atoms with Crippen LogP contribution >= 0.6 is 0 Å². The average Bonchev–Trinajstić information content (AvgIpc) is 3.19. The molecular weight excluding hydrogens is 390 g/mol. The Morgan fingerprint density at radius 3 is 3.03 bits per heavy atom. The number of nitrogens with one attached hydrogen (secondary N) is 2. The van der Waals surface area contributed by atoms with Crippen LogP contribution in [0.25, 0.3) is 22.2 Å². The summed E-state index contributed by atoms with van der Waals surface area (Å²) in [6.07, 6.45) is 6.26. The van der Waals surface area contributed by atoms with E-state index in [0.717, 1.165) is 47.0 Å². The number of fused-ring (bicyclic) bond motifs is 2. The lowest BCUT2D eigenvalue weighted by Gasteiger charge is -2.43. The number of aromatic nitrogens is 3. The number of nitrogens with two attached hydrogens (primary N) is 1. The number of carbonyl (C=O) groups is 1. The summed E-state index contributed by atoms with van der Waals surface area (Å²) in [6.45, 7) is 0.475. The molecule has 1 aliphatic carbocycles. The quantitative estimate of drug-likeness (QED) is 0.601. The molecule has 0 bridgehead atoms. The van der Waals surface area contributed by atoms with Crippen LogP contribution in [0.3, 0.4) is 0 Å². The molecule has 0 spiro atoms. The molecule has 4 atom stereocenters. The summed E-state index contributed by atoms with van der Waals surface area (Å²) in [7, 11) is 1.91. The van der Waals surface area contributed by atoms with Gasteiger partial charge in [0, 0.05) is 48.3 Å². The van der Waals surface area contributed by atoms with Gasteiger partial charge in [-0.25, -0.2) is 5.43 Å². The second kappa shape index (κ2) is 7.76. The van der Waals surface area contributed by atoms with Crippen LogP contribution in [0.1, 0.15) is 36.3 Å². The van der Waals surface area contributed by atoms with Crippen LogP contribution in [0.5, 0.6) is 0 Å². The first kappa shape index (κ1) is 19.7. The zero-order chi connectivity index (χ0) is 21.5. The number of nitriles is 1. The number of amides is 1. The highest BCUT2D eigenvalue weighted by Crippen LogP contribution is 2.45. The van der Waals surface area contributed by atoms with E-state index in [-0.39, 0.29) is 29.7 Å². The fourth-order valence-corrected chi connectivity index (χ4v) is 5.35. The van der Waals surface area contributed by atoms with Gasteiger partial charge in [0.2, 0.25) is 5.91 Å². The van der Waals surface area contributed by atoms with Crippen LogP contribution in [0.4, 0.5) is 0 Å². The van der Waals surface area contributed by atoms with E-state index in [2.05, 4.69) is 27.0 Å². The number of pyridine rings is 1. The van der Waals surface area contributed by atoms with Gasteiger partial charge in [-0.2, -0.15) is 10.4 Å². The minimum Gasteiger partial charge on any atom is -0.329 e. The van der Waals surface area contributed by atoms with E-state index in [4.69, 9.17) is 5.73 Å². The Labute approximate surface area is 180 Å². The van der Waals surface area contributed by atoms with Gasteiger partial charge in [0.1, 0.15) is 0 Å². The van der Waals surface area contributed by atoms with Gasteiger partial charge in [-0.3, -0.25) is 19.9 Å². The second-order valence-electron chi connectivity index (χ2n) is 8.53. The standard InChI is InChI=1S/C23H25N7O/c1-30-22(17-9-20-14(3-2-6-26-20)7-15(17)10-24)19(12-27-30)13-4-5-16-18(8-13)21(11-25)28-29-23(16)31/h2-3,6-7,9,12-13,16,18,21,28H,4-5,8,11,25H2,1H3,(H,29,31). The molecule has 2 aromatic heterocycles. The number of hydrazine groups is 1. The van der Waals surface area contributed by atoms with E-state index < -0.39 is 0 Å². The van der Waals surface area contributed by atoms with Gasteiger partial charge in [0.25, 0.3) is 0 Å². The Morgan fingerprint density at radius 1 is 1.35 bits per heavy atom. The molecule has 2 aliphatic rings. The van der Waals surface area contributed by atoms with Crippen molar-refractivity contribution in [2.24, 2.45) is 24.6 Å². The molecule has 1 saturated heterocycles. The van der Waals surface area contributed by atoms with Crippen LogP contribution in [0, 0.1) is 23.2 Å². The molecule has 4 unspecified atom stereocenters. The van der Waals surface area contributed by atoms with Gasteiger partial charge in [-0.05, 0) is 49.3 Å². The molecule has 1 amide bonds. The number of hydrogen-bond acceptors (Lipinski definition) is 6. The van der Waals surface area contributed by atoms with Crippen LogP contribution in [-0.2, 0) is 11.8 Å². The highest BCUT2D eigenvalue weighted by Gasteiger charge is 2.43. The monoisotopic (exact) mass is 415 g/mol. The Balaban J connectivity index is 1.56. The summed E-state index contributed by atoms with van der Waals surface area (Å²) in [4.78, 5) is 16.8. The van der Waals surface area contributed by atoms with E-state index >= 15 is 0 Å². The molecule has 5 rings (SSSR count).